The number of rotatable bonds is 3. The molecule has 0 fully saturated rings. The largest absolute Gasteiger partial charge is 0.456 e. The maximum atomic E-state index is 6.27. The van der Waals surface area contributed by atoms with E-state index in [2.05, 4.69) is 155 Å². The first-order valence-electron chi connectivity index (χ1n) is 19.3. The van der Waals surface area contributed by atoms with Crippen molar-refractivity contribution in [1.29, 1.82) is 0 Å². The number of hydrogen-bond acceptors (Lipinski definition) is 3. The molecule has 1 aliphatic rings. The molecule has 0 unspecified atom stereocenters. The maximum absolute atomic E-state index is 6.27. The zero-order chi connectivity index (χ0) is 37.2. The fraction of sp³-hybridized carbons (Fsp3) is 0. The molecule has 12 aromatic rings. The number of fused-ring (bicyclic) bond motifs is 13. The molecule has 264 valence electrons. The molecule has 0 aliphatic carbocycles. The predicted octanol–water partition coefficient (Wildman–Crippen LogP) is 13.6. The third-order valence-corrected chi connectivity index (χ3v) is 11.9. The molecule has 0 N–H and O–H groups in total. The van der Waals surface area contributed by atoms with E-state index in [0.717, 1.165) is 61.6 Å². The second-order valence-electron chi connectivity index (χ2n) is 14.9. The van der Waals surface area contributed by atoms with Crippen molar-refractivity contribution >= 4 is 76.1 Å². The molecule has 0 spiro atoms. The van der Waals surface area contributed by atoms with Gasteiger partial charge in [0.15, 0.2) is 5.82 Å². The zero-order valence-corrected chi connectivity index (χ0v) is 30.5. The molecular weight excluding hydrogens is 697 g/mol. The lowest BCUT2D eigenvalue weighted by Gasteiger charge is -2.20. The van der Waals surface area contributed by atoms with E-state index < -0.39 is 0 Å². The SMILES string of the molecule is c1ccc(-n2c3ccccc3c3ccc4c5ccc6c(c5ccc4c32)c2ccccc2n6-c2cccc(-c3nc4c5c(cccc5n3)Oc3ccccc3-4)c2)cc1. The molecule has 0 radical (unpaired) electrons. The van der Waals surface area contributed by atoms with E-state index in [1.807, 2.05) is 36.4 Å². The monoisotopic (exact) mass is 726 g/mol. The second-order valence-corrected chi connectivity index (χ2v) is 14.9. The summed E-state index contributed by atoms with van der Waals surface area (Å²) in [6, 6.07) is 64.9. The third-order valence-electron chi connectivity index (χ3n) is 11.9. The van der Waals surface area contributed by atoms with E-state index in [9.17, 15) is 0 Å². The summed E-state index contributed by atoms with van der Waals surface area (Å²) < 4.78 is 11.1. The van der Waals surface area contributed by atoms with Crippen molar-refractivity contribution in [3.05, 3.63) is 182 Å². The van der Waals surface area contributed by atoms with Crippen LogP contribution < -0.4 is 4.74 Å². The van der Waals surface area contributed by atoms with Gasteiger partial charge in [-0.05, 0) is 82.9 Å². The molecule has 0 amide bonds. The Morgan fingerprint density at radius 3 is 1.93 bits per heavy atom. The summed E-state index contributed by atoms with van der Waals surface area (Å²) in [7, 11) is 0. The highest BCUT2D eigenvalue weighted by molar-refractivity contribution is 6.29. The van der Waals surface area contributed by atoms with Crippen LogP contribution in [0.25, 0.3) is 110 Å². The van der Waals surface area contributed by atoms with Gasteiger partial charge in [0, 0.05) is 49.4 Å². The van der Waals surface area contributed by atoms with Crippen molar-refractivity contribution < 1.29 is 4.74 Å². The highest BCUT2D eigenvalue weighted by Crippen LogP contribution is 2.46. The molecule has 0 atom stereocenters. The Kier molecular flexibility index (Phi) is 6.10. The average molecular weight is 727 g/mol. The van der Waals surface area contributed by atoms with E-state index >= 15 is 0 Å². The topological polar surface area (TPSA) is 44.9 Å². The summed E-state index contributed by atoms with van der Waals surface area (Å²) in [5.41, 5.74) is 10.7. The Morgan fingerprint density at radius 2 is 1.04 bits per heavy atom. The predicted molar refractivity (Wildman–Crippen MR) is 234 cm³/mol. The number of aromatic nitrogens is 4. The Hall–Kier alpha value is -7.76. The van der Waals surface area contributed by atoms with Crippen LogP contribution in [-0.2, 0) is 0 Å². The van der Waals surface area contributed by atoms with E-state index in [1.54, 1.807) is 0 Å². The van der Waals surface area contributed by atoms with Crippen LogP contribution >= 0.6 is 0 Å². The first-order valence-corrected chi connectivity index (χ1v) is 19.3. The van der Waals surface area contributed by atoms with Gasteiger partial charge in [0.2, 0.25) is 0 Å². The van der Waals surface area contributed by atoms with Crippen LogP contribution in [0, 0.1) is 0 Å². The minimum absolute atomic E-state index is 0.685. The number of benzene rings is 9. The smallest absolute Gasteiger partial charge is 0.160 e. The van der Waals surface area contributed by atoms with Gasteiger partial charge in [-0.2, -0.15) is 0 Å². The van der Waals surface area contributed by atoms with Crippen LogP contribution in [0.1, 0.15) is 0 Å². The Balaban J connectivity index is 1.04. The van der Waals surface area contributed by atoms with Gasteiger partial charge in [-0.25, -0.2) is 9.97 Å². The van der Waals surface area contributed by atoms with Crippen LogP contribution in [0.3, 0.4) is 0 Å². The molecule has 13 rings (SSSR count). The lowest BCUT2D eigenvalue weighted by Crippen LogP contribution is -2.02. The van der Waals surface area contributed by atoms with E-state index in [4.69, 9.17) is 14.7 Å². The van der Waals surface area contributed by atoms with E-state index in [1.165, 1.54) is 54.1 Å². The van der Waals surface area contributed by atoms with Crippen LogP contribution in [0.15, 0.2) is 182 Å². The fourth-order valence-electron chi connectivity index (χ4n) is 9.49. The Bertz CT molecular complexity index is 3670. The van der Waals surface area contributed by atoms with Gasteiger partial charge in [0.1, 0.15) is 11.5 Å². The molecule has 4 heterocycles. The van der Waals surface area contributed by atoms with Gasteiger partial charge in [-0.1, -0.05) is 115 Å². The summed E-state index contributed by atoms with van der Waals surface area (Å²) in [5.74, 6) is 2.28. The molecule has 1 aliphatic heterocycles. The summed E-state index contributed by atoms with van der Waals surface area (Å²) >= 11 is 0. The van der Waals surface area contributed by atoms with Crippen molar-refractivity contribution in [2.75, 3.05) is 0 Å². The molecule has 3 aromatic heterocycles. The molecule has 57 heavy (non-hydrogen) atoms. The molecule has 5 heteroatoms. The molecule has 9 aromatic carbocycles. The molecular formula is C52H30N4O. The summed E-state index contributed by atoms with van der Waals surface area (Å²) in [4.78, 5) is 10.3. The van der Waals surface area contributed by atoms with Crippen LogP contribution in [0.5, 0.6) is 11.5 Å². The highest BCUT2D eigenvalue weighted by Gasteiger charge is 2.24. The number of para-hydroxylation sites is 4. The van der Waals surface area contributed by atoms with E-state index in [-0.39, 0.29) is 0 Å². The van der Waals surface area contributed by atoms with Crippen molar-refractivity contribution in [2.24, 2.45) is 0 Å². The normalized spacial score (nSPS) is 12.4. The molecule has 5 nitrogen and oxygen atoms in total. The minimum atomic E-state index is 0.685. The molecule has 0 saturated heterocycles. The van der Waals surface area contributed by atoms with Gasteiger partial charge < -0.3 is 13.9 Å². The van der Waals surface area contributed by atoms with Gasteiger partial charge in [0.25, 0.3) is 0 Å². The maximum Gasteiger partial charge on any atom is 0.160 e. The first-order chi connectivity index (χ1) is 28.3. The summed E-state index contributed by atoms with van der Waals surface area (Å²) in [6.45, 7) is 0. The quantitative estimate of drug-likeness (QED) is 0.170. The first kappa shape index (κ1) is 30.6. The molecule has 0 saturated carbocycles. The highest BCUT2D eigenvalue weighted by atomic mass is 16.5. The minimum Gasteiger partial charge on any atom is -0.456 e. The van der Waals surface area contributed by atoms with Crippen LogP contribution in [-0.4, -0.2) is 19.1 Å². The number of nitrogens with zero attached hydrogens (tertiary/aromatic N) is 4. The third kappa shape index (κ3) is 4.23. The van der Waals surface area contributed by atoms with Gasteiger partial charge in [0.05, 0.1) is 38.7 Å². The summed E-state index contributed by atoms with van der Waals surface area (Å²) in [5, 5.41) is 10.9. The Labute approximate surface area is 326 Å². The zero-order valence-electron chi connectivity index (χ0n) is 30.5. The lowest BCUT2D eigenvalue weighted by atomic mass is 9.96. The van der Waals surface area contributed by atoms with Crippen molar-refractivity contribution in [3.63, 3.8) is 0 Å². The number of ether oxygens (including phenoxy) is 1. The summed E-state index contributed by atoms with van der Waals surface area (Å²) in [6.07, 6.45) is 0. The van der Waals surface area contributed by atoms with Crippen LogP contribution in [0.2, 0.25) is 0 Å². The van der Waals surface area contributed by atoms with Gasteiger partial charge in [-0.3, -0.25) is 0 Å². The van der Waals surface area contributed by atoms with Crippen LogP contribution in [0.4, 0.5) is 0 Å². The Morgan fingerprint density at radius 1 is 0.386 bits per heavy atom. The van der Waals surface area contributed by atoms with Gasteiger partial charge >= 0.3 is 0 Å². The van der Waals surface area contributed by atoms with E-state index in [0.29, 0.717) is 5.82 Å². The second kappa shape index (κ2) is 11.4. The fourth-order valence-corrected chi connectivity index (χ4v) is 9.49. The van der Waals surface area contributed by atoms with Crippen molar-refractivity contribution in [1.82, 2.24) is 19.1 Å². The lowest BCUT2D eigenvalue weighted by molar-refractivity contribution is 0.486. The van der Waals surface area contributed by atoms with Gasteiger partial charge in [-0.15, -0.1) is 0 Å². The standard InChI is InChI=1S/C52H30N4O/c1-2-13-32(14-3-1)56-43-20-7-4-16-36(43)39-26-24-35-34-28-29-45-48(37(34)25-27-38(35)51(39)56)40-17-5-8-21-44(40)55(45)33-15-10-12-31(30-33)52-53-42-19-11-23-47-49(42)50(54-52)41-18-6-9-22-46(41)57-47/h1-30H. The molecule has 0 bridgehead atoms. The average Bonchev–Trinajstić information content (AvgIpc) is 3.80. The van der Waals surface area contributed by atoms with Crippen molar-refractivity contribution in [2.45, 2.75) is 0 Å². The number of hydrogen-bond donors (Lipinski definition) is 0. The van der Waals surface area contributed by atoms with Crippen molar-refractivity contribution in [3.8, 4) is 45.5 Å².